The van der Waals surface area contributed by atoms with E-state index in [0.29, 0.717) is 22.8 Å². The van der Waals surface area contributed by atoms with Crippen molar-refractivity contribution in [2.24, 2.45) is 5.92 Å². The minimum Gasteiger partial charge on any atom is -0.497 e. The SMILES string of the molecule is COc1ccnc(N[C@H]2c3cc(F)ccc3N(C(C)=O)[C@@H](O)[C@@H]2C)c1. The molecule has 1 amide bonds. The molecule has 0 saturated carbocycles. The highest BCUT2D eigenvalue weighted by Crippen LogP contribution is 2.42. The van der Waals surface area contributed by atoms with Crippen molar-refractivity contribution in [3.8, 4) is 5.75 Å². The number of anilines is 2. The molecular weight excluding hydrogens is 325 g/mol. The van der Waals surface area contributed by atoms with E-state index in [1.54, 1.807) is 32.4 Å². The molecule has 0 unspecified atom stereocenters. The molecule has 3 atom stereocenters. The second-order valence-corrected chi connectivity index (χ2v) is 6.07. The number of nitrogens with zero attached hydrogens (tertiary/aromatic N) is 2. The van der Waals surface area contributed by atoms with Crippen LogP contribution in [0.25, 0.3) is 0 Å². The summed E-state index contributed by atoms with van der Waals surface area (Å²) >= 11 is 0. The van der Waals surface area contributed by atoms with Crippen LogP contribution in [-0.2, 0) is 4.79 Å². The number of fused-ring (bicyclic) bond motifs is 1. The van der Waals surface area contributed by atoms with E-state index in [2.05, 4.69) is 10.3 Å². The Hall–Kier alpha value is -2.67. The number of hydrogen-bond acceptors (Lipinski definition) is 5. The highest BCUT2D eigenvalue weighted by atomic mass is 19.1. The predicted octanol–water partition coefficient (Wildman–Crippen LogP) is 2.70. The van der Waals surface area contributed by atoms with E-state index in [1.165, 1.54) is 30.0 Å². The van der Waals surface area contributed by atoms with Crippen molar-refractivity contribution in [1.82, 2.24) is 4.98 Å². The van der Waals surface area contributed by atoms with Crippen molar-refractivity contribution in [3.05, 3.63) is 47.9 Å². The lowest BCUT2D eigenvalue weighted by Gasteiger charge is -2.42. The second kappa shape index (κ2) is 6.68. The number of aliphatic hydroxyl groups excluding tert-OH is 1. The van der Waals surface area contributed by atoms with E-state index in [4.69, 9.17) is 4.74 Å². The number of pyridine rings is 1. The van der Waals surface area contributed by atoms with Gasteiger partial charge in [0.25, 0.3) is 0 Å². The van der Waals surface area contributed by atoms with Gasteiger partial charge in [0, 0.05) is 30.7 Å². The van der Waals surface area contributed by atoms with Crippen molar-refractivity contribution in [3.63, 3.8) is 0 Å². The first-order valence-electron chi connectivity index (χ1n) is 7.96. The molecule has 0 aliphatic carbocycles. The molecule has 0 radical (unpaired) electrons. The minimum absolute atomic E-state index is 0.301. The minimum atomic E-state index is -1.03. The number of hydrogen-bond donors (Lipinski definition) is 2. The Kier molecular flexibility index (Phi) is 4.59. The zero-order valence-corrected chi connectivity index (χ0v) is 14.2. The molecule has 3 rings (SSSR count). The van der Waals surface area contributed by atoms with Gasteiger partial charge in [-0.15, -0.1) is 0 Å². The standard InChI is InChI=1S/C18H20FN3O3/c1-10-17(21-16-9-13(25-3)6-7-20-16)14-8-12(19)4-5-15(14)22(11(2)23)18(10)24/h4-10,17-18,24H,1-3H3,(H,20,21)/t10-,17-,18+/m1/s1. The summed E-state index contributed by atoms with van der Waals surface area (Å²) in [5.41, 5.74) is 1.08. The summed E-state index contributed by atoms with van der Waals surface area (Å²) in [6, 6.07) is 7.18. The van der Waals surface area contributed by atoms with Crippen LogP contribution in [0, 0.1) is 11.7 Å². The fraction of sp³-hybridized carbons (Fsp3) is 0.333. The normalized spacial score (nSPS) is 22.3. The van der Waals surface area contributed by atoms with Crippen LogP contribution in [0.1, 0.15) is 25.5 Å². The Labute approximate surface area is 145 Å². The first kappa shape index (κ1) is 17.2. The van der Waals surface area contributed by atoms with Crippen LogP contribution < -0.4 is 15.0 Å². The number of nitrogens with one attached hydrogen (secondary N) is 1. The number of halogens is 1. The summed E-state index contributed by atoms with van der Waals surface area (Å²) in [5.74, 6) is 0.0776. The Balaban J connectivity index is 2.04. The van der Waals surface area contributed by atoms with Crippen LogP contribution in [0.3, 0.4) is 0 Å². The Morgan fingerprint density at radius 3 is 2.80 bits per heavy atom. The van der Waals surface area contributed by atoms with Crippen molar-refractivity contribution < 1.29 is 19.0 Å². The van der Waals surface area contributed by atoms with Gasteiger partial charge in [-0.05, 0) is 24.3 Å². The van der Waals surface area contributed by atoms with Gasteiger partial charge in [-0.1, -0.05) is 6.92 Å². The Bertz CT molecular complexity index is 799. The number of aromatic nitrogens is 1. The molecule has 7 heteroatoms. The summed E-state index contributed by atoms with van der Waals surface area (Å²) in [6.45, 7) is 3.17. The smallest absolute Gasteiger partial charge is 0.225 e. The lowest BCUT2D eigenvalue weighted by atomic mass is 9.86. The predicted molar refractivity (Wildman–Crippen MR) is 91.9 cm³/mol. The lowest BCUT2D eigenvalue weighted by molar-refractivity contribution is -0.119. The van der Waals surface area contributed by atoms with Crippen molar-refractivity contribution >= 4 is 17.4 Å². The van der Waals surface area contributed by atoms with Crippen LogP contribution in [0.4, 0.5) is 15.9 Å². The summed E-state index contributed by atoms with van der Waals surface area (Å²) < 4.78 is 19.0. The molecule has 132 valence electrons. The molecule has 1 aromatic heterocycles. The maximum atomic E-state index is 13.8. The van der Waals surface area contributed by atoms with E-state index >= 15 is 0 Å². The number of carbonyl (C=O) groups excluding carboxylic acids is 1. The number of ether oxygens (including phenoxy) is 1. The van der Waals surface area contributed by atoms with Crippen molar-refractivity contribution in [2.45, 2.75) is 26.1 Å². The monoisotopic (exact) mass is 345 g/mol. The van der Waals surface area contributed by atoms with Crippen LogP contribution in [0.15, 0.2) is 36.5 Å². The second-order valence-electron chi connectivity index (χ2n) is 6.07. The first-order valence-corrected chi connectivity index (χ1v) is 7.96. The third-order valence-corrected chi connectivity index (χ3v) is 4.45. The molecule has 1 aliphatic rings. The van der Waals surface area contributed by atoms with E-state index < -0.39 is 18.1 Å². The van der Waals surface area contributed by atoms with Gasteiger partial charge in [0.15, 0.2) is 0 Å². The average Bonchev–Trinajstić information content (AvgIpc) is 2.59. The topological polar surface area (TPSA) is 74.7 Å². The zero-order valence-electron chi connectivity index (χ0n) is 14.2. The maximum Gasteiger partial charge on any atom is 0.225 e. The zero-order chi connectivity index (χ0) is 18.1. The quantitative estimate of drug-likeness (QED) is 0.895. The number of carbonyl (C=O) groups is 1. The lowest BCUT2D eigenvalue weighted by Crippen LogP contribution is -2.50. The molecule has 1 aromatic carbocycles. The molecule has 6 nitrogen and oxygen atoms in total. The molecule has 2 heterocycles. The summed E-state index contributed by atoms with van der Waals surface area (Å²) in [6.07, 6.45) is 0.568. The van der Waals surface area contributed by atoms with Gasteiger partial charge in [0.1, 0.15) is 23.6 Å². The molecule has 0 spiro atoms. The number of methoxy groups -OCH3 is 1. The average molecular weight is 345 g/mol. The molecule has 0 bridgehead atoms. The van der Waals surface area contributed by atoms with Crippen LogP contribution in [-0.4, -0.2) is 29.3 Å². The first-order chi connectivity index (χ1) is 11.9. The highest BCUT2D eigenvalue weighted by molar-refractivity contribution is 5.93. The van der Waals surface area contributed by atoms with Crippen molar-refractivity contribution in [1.29, 1.82) is 0 Å². The Morgan fingerprint density at radius 2 is 2.12 bits per heavy atom. The van der Waals surface area contributed by atoms with Gasteiger partial charge in [-0.25, -0.2) is 9.37 Å². The van der Waals surface area contributed by atoms with E-state index in [-0.39, 0.29) is 11.8 Å². The molecule has 1 aliphatic heterocycles. The molecule has 2 N–H and O–H groups in total. The molecule has 0 fully saturated rings. The van der Waals surface area contributed by atoms with Gasteiger partial charge in [-0.3, -0.25) is 9.69 Å². The van der Waals surface area contributed by atoms with Gasteiger partial charge < -0.3 is 15.2 Å². The van der Waals surface area contributed by atoms with Crippen molar-refractivity contribution in [2.75, 3.05) is 17.3 Å². The van der Waals surface area contributed by atoms with Gasteiger partial charge in [0.2, 0.25) is 5.91 Å². The maximum absolute atomic E-state index is 13.8. The van der Waals surface area contributed by atoms with Gasteiger partial charge in [-0.2, -0.15) is 0 Å². The van der Waals surface area contributed by atoms with Gasteiger partial charge >= 0.3 is 0 Å². The van der Waals surface area contributed by atoms with Crippen LogP contribution >= 0.6 is 0 Å². The summed E-state index contributed by atoms with van der Waals surface area (Å²) in [7, 11) is 1.56. The number of amides is 1. The van der Waals surface area contributed by atoms with Crippen LogP contribution in [0.2, 0.25) is 0 Å². The number of rotatable bonds is 3. The third-order valence-electron chi connectivity index (χ3n) is 4.45. The van der Waals surface area contributed by atoms with Crippen LogP contribution in [0.5, 0.6) is 5.75 Å². The molecular formula is C18H20FN3O3. The third kappa shape index (κ3) is 3.15. The fourth-order valence-electron chi connectivity index (χ4n) is 3.17. The summed E-state index contributed by atoms with van der Waals surface area (Å²) in [4.78, 5) is 17.5. The highest BCUT2D eigenvalue weighted by Gasteiger charge is 2.40. The van der Waals surface area contributed by atoms with E-state index in [0.717, 1.165) is 0 Å². The number of aliphatic hydroxyl groups is 1. The van der Waals surface area contributed by atoms with E-state index in [1.807, 2.05) is 0 Å². The molecule has 0 saturated heterocycles. The van der Waals surface area contributed by atoms with E-state index in [9.17, 15) is 14.3 Å². The number of benzene rings is 1. The molecule has 25 heavy (non-hydrogen) atoms. The Morgan fingerprint density at radius 1 is 1.36 bits per heavy atom. The van der Waals surface area contributed by atoms with Gasteiger partial charge in [0.05, 0.1) is 18.8 Å². The fourth-order valence-corrected chi connectivity index (χ4v) is 3.17. The largest absolute Gasteiger partial charge is 0.497 e. The summed E-state index contributed by atoms with van der Waals surface area (Å²) in [5, 5.41) is 13.8. The molecule has 2 aromatic rings.